The first-order valence-electron chi connectivity index (χ1n) is 4.40. The van der Waals surface area contributed by atoms with Crippen molar-refractivity contribution in [2.75, 3.05) is 0 Å². The van der Waals surface area contributed by atoms with E-state index in [9.17, 15) is 5.11 Å². The van der Waals surface area contributed by atoms with Gasteiger partial charge in [-0.3, -0.25) is 10.0 Å². The zero-order valence-corrected chi connectivity index (χ0v) is 7.34. The van der Waals surface area contributed by atoms with E-state index >= 15 is 0 Å². The minimum absolute atomic E-state index is 0.0264. The number of hydrogen-bond donors (Lipinski definition) is 2. The van der Waals surface area contributed by atoms with Crippen molar-refractivity contribution in [2.24, 2.45) is 4.99 Å². The number of hydrazine groups is 1. The summed E-state index contributed by atoms with van der Waals surface area (Å²) in [7, 11) is 0. The highest BCUT2D eigenvalue weighted by Crippen LogP contribution is 2.28. The van der Waals surface area contributed by atoms with Gasteiger partial charge in [-0.25, -0.2) is 0 Å². The number of hydrogen-bond acceptors (Lipinski definition) is 5. The average molecular weight is 191 g/mol. The second-order valence-electron chi connectivity index (χ2n) is 3.24. The van der Waals surface area contributed by atoms with Crippen LogP contribution in [0.25, 0.3) is 0 Å². The maximum Gasteiger partial charge on any atom is 0.178 e. The van der Waals surface area contributed by atoms with Crippen LogP contribution in [0.15, 0.2) is 41.2 Å². The van der Waals surface area contributed by atoms with E-state index in [4.69, 9.17) is 4.74 Å². The van der Waals surface area contributed by atoms with Crippen LogP contribution in [0.4, 0.5) is 0 Å². The van der Waals surface area contributed by atoms with Crippen molar-refractivity contribution in [2.45, 2.75) is 12.6 Å². The second kappa shape index (κ2) is 2.54. The molecule has 0 fully saturated rings. The molecular weight excluding hydrogens is 182 g/mol. The summed E-state index contributed by atoms with van der Waals surface area (Å²) in [6.45, 7) is 0. The number of aliphatic hydroxyl groups is 1. The van der Waals surface area contributed by atoms with Crippen LogP contribution in [-0.4, -0.2) is 22.0 Å². The van der Waals surface area contributed by atoms with Crippen molar-refractivity contribution in [1.82, 2.24) is 10.4 Å². The Morgan fingerprint density at radius 3 is 3.43 bits per heavy atom. The third-order valence-electron chi connectivity index (χ3n) is 2.36. The molecule has 0 aliphatic carbocycles. The number of aliphatic imine (C=N–C) groups is 1. The third-order valence-corrected chi connectivity index (χ3v) is 2.36. The molecular formula is C9H9N3O2. The molecule has 5 heteroatoms. The minimum atomic E-state index is 0.0264. The van der Waals surface area contributed by atoms with Gasteiger partial charge >= 0.3 is 0 Å². The average Bonchev–Trinajstić information content (AvgIpc) is 2.59. The van der Waals surface area contributed by atoms with E-state index in [1.807, 2.05) is 17.3 Å². The quantitative estimate of drug-likeness (QED) is 0.593. The molecule has 72 valence electrons. The Morgan fingerprint density at radius 1 is 1.57 bits per heavy atom. The smallest absolute Gasteiger partial charge is 0.178 e. The van der Waals surface area contributed by atoms with E-state index in [2.05, 4.69) is 10.4 Å². The molecule has 0 aromatic heterocycles. The van der Waals surface area contributed by atoms with Crippen molar-refractivity contribution < 1.29 is 9.84 Å². The first kappa shape index (κ1) is 7.49. The fraction of sp³-hybridized carbons (Fsp3) is 0.222. The maximum atomic E-state index is 9.52. The first-order chi connectivity index (χ1) is 6.86. The molecule has 0 amide bonds. The van der Waals surface area contributed by atoms with Gasteiger partial charge < -0.3 is 15.3 Å². The topological polar surface area (TPSA) is 57.1 Å². The summed E-state index contributed by atoms with van der Waals surface area (Å²) in [4.78, 5) is 4.38. The molecule has 1 atom stereocenters. The summed E-state index contributed by atoms with van der Waals surface area (Å²) in [5.41, 5.74) is 4.42. The summed E-state index contributed by atoms with van der Waals surface area (Å²) >= 11 is 0. The fourth-order valence-corrected chi connectivity index (χ4v) is 1.71. The number of aliphatic hydroxyl groups excluding tert-OH is 1. The molecule has 0 saturated carbocycles. The van der Waals surface area contributed by atoms with Gasteiger partial charge in [0.15, 0.2) is 5.76 Å². The summed E-state index contributed by atoms with van der Waals surface area (Å²) in [5.74, 6) is 0.0821. The van der Waals surface area contributed by atoms with E-state index in [0.717, 1.165) is 12.1 Å². The van der Waals surface area contributed by atoms with Crippen molar-refractivity contribution in [3.8, 4) is 0 Å². The van der Waals surface area contributed by atoms with Crippen LogP contribution in [0.2, 0.25) is 0 Å². The summed E-state index contributed by atoms with van der Waals surface area (Å²) < 4.78 is 4.98. The van der Waals surface area contributed by atoms with Crippen molar-refractivity contribution in [3.05, 3.63) is 36.3 Å². The highest BCUT2D eigenvalue weighted by Gasteiger charge is 2.35. The molecule has 0 aromatic carbocycles. The fourth-order valence-electron chi connectivity index (χ4n) is 1.71. The zero-order valence-electron chi connectivity index (χ0n) is 7.34. The molecule has 0 aromatic rings. The monoisotopic (exact) mass is 191 g/mol. The molecule has 0 radical (unpaired) electrons. The molecule has 3 heterocycles. The number of nitrogens with one attached hydrogen (secondary N) is 1. The van der Waals surface area contributed by atoms with Gasteiger partial charge in [0, 0.05) is 12.6 Å². The lowest BCUT2D eigenvalue weighted by Crippen LogP contribution is -2.41. The summed E-state index contributed by atoms with van der Waals surface area (Å²) in [5, 5.41) is 11.4. The van der Waals surface area contributed by atoms with Crippen molar-refractivity contribution >= 4 is 5.71 Å². The highest BCUT2D eigenvalue weighted by molar-refractivity contribution is 6.11. The van der Waals surface area contributed by atoms with Crippen LogP contribution >= 0.6 is 0 Å². The standard InChI is InChI=1S/C9H9N3O2/c13-7-5-14-4-6-9(7)11-8-2-1-3-10-12(6)8/h1,3-5,8,10,13H,2H2. The van der Waals surface area contributed by atoms with Crippen molar-refractivity contribution in [1.29, 1.82) is 0 Å². The van der Waals surface area contributed by atoms with Gasteiger partial charge in [0.25, 0.3) is 0 Å². The molecule has 2 N–H and O–H groups in total. The first-order valence-corrected chi connectivity index (χ1v) is 4.40. The highest BCUT2D eigenvalue weighted by atomic mass is 16.5. The van der Waals surface area contributed by atoms with Gasteiger partial charge in [-0.15, -0.1) is 0 Å². The van der Waals surface area contributed by atoms with Gasteiger partial charge in [-0.2, -0.15) is 0 Å². The lowest BCUT2D eigenvalue weighted by molar-refractivity contribution is 0.214. The normalized spacial score (nSPS) is 27.9. The Labute approximate surface area is 80.7 Å². The third kappa shape index (κ3) is 0.863. The van der Waals surface area contributed by atoms with Crippen LogP contribution in [0, 0.1) is 0 Å². The number of fused-ring (bicyclic) bond motifs is 3. The van der Waals surface area contributed by atoms with Crippen molar-refractivity contribution in [3.63, 3.8) is 0 Å². The van der Waals surface area contributed by atoms with Crippen LogP contribution in [0.3, 0.4) is 0 Å². The second-order valence-corrected chi connectivity index (χ2v) is 3.24. The molecule has 14 heavy (non-hydrogen) atoms. The molecule has 0 bridgehead atoms. The Bertz CT molecular complexity index is 395. The van der Waals surface area contributed by atoms with E-state index in [-0.39, 0.29) is 11.9 Å². The number of rotatable bonds is 0. The molecule has 3 aliphatic rings. The summed E-state index contributed by atoms with van der Waals surface area (Å²) in [6.07, 6.45) is 7.58. The van der Waals surface area contributed by atoms with Gasteiger partial charge in [-0.1, -0.05) is 6.08 Å². The van der Waals surface area contributed by atoms with Gasteiger partial charge in [0.05, 0.1) is 0 Å². The van der Waals surface area contributed by atoms with Crippen LogP contribution in [0.5, 0.6) is 0 Å². The lowest BCUT2D eigenvalue weighted by Gasteiger charge is -2.28. The summed E-state index contributed by atoms with van der Waals surface area (Å²) in [6, 6.07) is 0. The van der Waals surface area contributed by atoms with E-state index in [1.54, 1.807) is 6.26 Å². The number of nitrogens with zero attached hydrogens (tertiary/aromatic N) is 2. The Morgan fingerprint density at radius 2 is 2.50 bits per heavy atom. The zero-order chi connectivity index (χ0) is 9.54. The molecule has 3 aliphatic heterocycles. The Balaban J connectivity index is 2.02. The van der Waals surface area contributed by atoms with Crippen LogP contribution < -0.4 is 5.43 Å². The van der Waals surface area contributed by atoms with E-state index in [0.29, 0.717) is 5.71 Å². The molecule has 0 saturated heterocycles. The predicted molar refractivity (Wildman–Crippen MR) is 49.8 cm³/mol. The van der Waals surface area contributed by atoms with Crippen LogP contribution in [0.1, 0.15) is 6.42 Å². The lowest BCUT2D eigenvalue weighted by atomic mass is 10.2. The van der Waals surface area contributed by atoms with E-state index in [1.165, 1.54) is 6.26 Å². The van der Waals surface area contributed by atoms with Gasteiger partial charge in [0.2, 0.25) is 0 Å². The van der Waals surface area contributed by atoms with Gasteiger partial charge in [-0.05, 0) is 0 Å². The Kier molecular flexibility index (Phi) is 1.36. The predicted octanol–water partition coefficient (Wildman–Crippen LogP) is 0.762. The minimum Gasteiger partial charge on any atom is -0.503 e. The van der Waals surface area contributed by atoms with E-state index < -0.39 is 0 Å². The SMILES string of the molecule is OC1=COC=C2C1=NC1CC=CNN21. The maximum absolute atomic E-state index is 9.52. The van der Waals surface area contributed by atoms with Gasteiger partial charge in [0.1, 0.15) is 30.1 Å². The Hall–Kier alpha value is -1.91. The molecule has 1 unspecified atom stereocenters. The molecule has 5 nitrogen and oxygen atoms in total. The number of ether oxygens (including phenoxy) is 1. The largest absolute Gasteiger partial charge is 0.503 e. The molecule has 0 spiro atoms. The van der Waals surface area contributed by atoms with Crippen LogP contribution in [-0.2, 0) is 4.74 Å². The molecule has 3 rings (SSSR count).